The SMILES string of the molecule is Cc1ccc(C(=O)N[C@H](C)[C@@H](c2cccs2)[NH+]2CCCC2)s1. The van der Waals surface area contributed by atoms with Crippen molar-refractivity contribution >= 4 is 28.6 Å². The maximum Gasteiger partial charge on any atom is 0.261 e. The standard InChI is InChI=1S/C17H22N2OS2/c1-12-7-8-15(22-12)17(20)18-13(2)16(14-6-5-11-21-14)19-9-3-4-10-19/h5-8,11,13,16H,3-4,9-10H2,1-2H3,(H,18,20)/p+1/t13-,16+/m1/s1. The number of amides is 1. The van der Waals surface area contributed by atoms with Crippen LogP contribution in [0.2, 0.25) is 0 Å². The molecule has 0 radical (unpaired) electrons. The Morgan fingerprint density at radius 2 is 2.05 bits per heavy atom. The van der Waals surface area contributed by atoms with E-state index < -0.39 is 0 Å². The molecule has 0 unspecified atom stereocenters. The van der Waals surface area contributed by atoms with E-state index in [2.05, 4.69) is 29.8 Å². The number of carbonyl (C=O) groups excluding carboxylic acids is 1. The summed E-state index contributed by atoms with van der Waals surface area (Å²) < 4.78 is 0. The molecule has 3 heterocycles. The average Bonchev–Trinajstić information content (AvgIpc) is 3.20. The largest absolute Gasteiger partial charge is 0.342 e. The predicted octanol–water partition coefficient (Wildman–Crippen LogP) is 2.66. The molecule has 5 heteroatoms. The number of nitrogens with one attached hydrogen (secondary N) is 2. The van der Waals surface area contributed by atoms with Gasteiger partial charge in [-0.2, -0.15) is 0 Å². The van der Waals surface area contributed by atoms with Crippen LogP contribution in [0.5, 0.6) is 0 Å². The van der Waals surface area contributed by atoms with Crippen molar-refractivity contribution < 1.29 is 9.69 Å². The highest BCUT2D eigenvalue weighted by molar-refractivity contribution is 7.14. The first-order valence-electron chi connectivity index (χ1n) is 7.90. The summed E-state index contributed by atoms with van der Waals surface area (Å²) in [4.78, 5) is 17.4. The van der Waals surface area contributed by atoms with Crippen LogP contribution in [0.1, 0.15) is 45.2 Å². The van der Waals surface area contributed by atoms with Gasteiger partial charge in [0.1, 0.15) is 6.04 Å². The third kappa shape index (κ3) is 3.42. The molecule has 3 nitrogen and oxygen atoms in total. The molecule has 0 spiro atoms. The number of likely N-dealkylation sites (tertiary alicyclic amines) is 1. The molecule has 1 aliphatic heterocycles. The first-order chi connectivity index (χ1) is 10.6. The molecule has 2 aromatic heterocycles. The third-order valence-electron chi connectivity index (χ3n) is 4.36. The van der Waals surface area contributed by atoms with Crippen LogP contribution >= 0.6 is 22.7 Å². The van der Waals surface area contributed by atoms with E-state index in [0.29, 0.717) is 6.04 Å². The summed E-state index contributed by atoms with van der Waals surface area (Å²) in [6, 6.07) is 8.75. The summed E-state index contributed by atoms with van der Waals surface area (Å²) in [7, 11) is 0. The number of aryl methyl sites for hydroxylation is 1. The zero-order valence-corrected chi connectivity index (χ0v) is 14.7. The number of rotatable bonds is 5. The van der Waals surface area contributed by atoms with Gasteiger partial charge >= 0.3 is 0 Å². The lowest BCUT2D eigenvalue weighted by atomic mass is 10.1. The summed E-state index contributed by atoms with van der Waals surface area (Å²) in [5.74, 6) is 0.0609. The van der Waals surface area contributed by atoms with Crippen LogP contribution in [0, 0.1) is 6.92 Å². The van der Waals surface area contributed by atoms with Gasteiger partial charge in [-0.3, -0.25) is 4.79 Å². The van der Waals surface area contributed by atoms with Gasteiger partial charge < -0.3 is 10.2 Å². The zero-order valence-electron chi connectivity index (χ0n) is 13.1. The van der Waals surface area contributed by atoms with Crippen LogP contribution in [0.15, 0.2) is 29.6 Å². The summed E-state index contributed by atoms with van der Waals surface area (Å²) in [5, 5.41) is 5.37. The lowest BCUT2D eigenvalue weighted by molar-refractivity contribution is -0.920. The van der Waals surface area contributed by atoms with E-state index in [1.807, 2.05) is 19.1 Å². The molecule has 3 rings (SSSR count). The Kier molecular flexibility index (Phi) is 4.96. The minimum atomic E-state index is 0.0609. The lowest BCUT2D eigenvalue weighted by Gasteiger charge is -2.29. The molecule has 0 aliphatic carbocycles. The van der Waals surface area contributed by atoms with Crippen molar-refractivity contribution in [2.75, 3.05) is 13.1 Å². The fourth-order valence-electron chi connectivity index (χ4n) is 3.33. The lowest BCUT2D eigenvalue weighted by Crippen LogP contribution is -3.11. The molecule has 22 heavy (non-hydrogen) atoms. The molecule has 2 N–H and O–H groups in total. The molecular weight excluding hydrogens is 312 g/mol. The maximum atomic E-state index is 12.5. The second-order valence-corrected chi connectivity index (χ2v) is 8.30. The highest BCUT2D eigenvalue weighted by Crippen LogP contribution is 2.22. The quantitative estimate of drug-likeness (QED) is 0.865. The first kappa shape index (κ1) is 15.7. The highest BCUT2D eigenvalue weighted by atomic mass is 32.1. The number of quaternary nitrogens is 1. The molecule has 1 saturated heterocycles. The van der Waals surface area contributed by atoms with Crippen LogP contribution in [0.25, 0.3) is 0 Å². The monoisotopic (exact) mass is 335 g/mol. The maximum absolute atomic E-state index is 12.5. The molecular formula is C17H23N2OS2+. The predicted molar refractivity (Wildman–Crippen MR) is 93.0 cm³/mol. The van der Waals surface area contributed by atoms with Crippen molar-refractivity contribution in [1.82, 2.24) is 5.32 Å². The van der Waals surface area contributed by atoms with Crippen molar-refractivity contribution in [2.24, 2.45) is 0 Å². The molecule has 2 aromatic rings. The number of hydrogen-bond donors (Lipinski definition) is 2. The Balaban J connectivity index is 1.74. The fraction of sp³-hybridized carbons (Fsp3) is 0.471. The summed E-state index contributed by atoms with van der Waals surface area (Å²) >= 11 is 3.37. The Hall–Kier alpha value is -1.17. The van der Waals surface area contributed by atoms with Gasteiger partial charge in [-0.25, -0.2) is 0 Å². The number of thiophene rings is 2. The van der Waals surface area contributed by atoms with Crippen molar-refractivity contribution in [1.29, 1.82) is 0 Å². The van der Waals surface area contributed by atoms with Gasteiger partial charge in [-0.1, -0.05) is 6.07 Å². The number of carbonyl (C=O) groups is 1. The Morgan fingerprint density at radius 3 is 2.64 bits per heavy atom. The van der Waals surface area contributed by atoms with Gasteiger partial charge in [0.25, 0.3) is 5.91 Å². The Bertz CT molecular complexity index is 614. The molecule has 1 aliphatic rings. The summed E-state index contributed by atoms with van der Waals surface area (Å²) in [6.45, 7) is 6.60. The van der Waals surface area contributed by atoms with Gasteiger partial charge in [0, 0.05) is 17.7 Å². The molecule has 1 amide bonds. The van der Waals surface area contributed by atoms with E-state index in [9.17, 15) is 4.79 Å². The normalized spacial score (nSPS) is 18.3. The minimum Gasteiger partial charge on any atom is -0.342 e. The average molecular weight is 336 g/mol. The highest BCUT2D eigenvalue weighted by Gasteiger charge is 2.33. The Labute approximate surface area is 140 Å². The van der Waals surface area contributed by atoms with E-state index in [0.717, 1.165) is 4.88 Å². The van der Waals surface area contributed by atoms with Gasteiger partial charge in [0.2, 0.25) is 0 Å². The topological polar surface area (TPSA) is 33.5 Å². The second kappa shape index (κ2) is 6.94. The molecule has 2 atom stereocenters. The second-order valence-electron chi connectivity index (χ2n) is 6.03. The van der Waals surface area contributed by atoms with Crippen LogP contribution < -0.4 is 10.2 Å². The van der Waals surface area contributed by atoms with E-state index in [-0.39, 0.29) is 11.9 Å². The molecule has 118 valence electrons. The van der Waals surface area contributed by atoms with Crippen molar-refractivity contribution in [3.8, 4) is 0 Å². The van der Waals surface area contributed by atoms with Gasteiger partial charge in [-0.15, -0.1) is 22.7 Å². The smallest absolute Gasteiger partial charge is 0.261 e. The molecule has 0 saturated carbocycles. The Morgan fingerprint density at radius 1 is 1.27 bits per heavy atom. The van der Waals surface area contributed by atoms with Gasteiger partial charge in [0.05, 0.1) is 28.9 Å². The molecule has 0 bridgehead atoms. The van der Waals surface area contributed by atoms with E-state index >= 15 is 0 Å². The van der Waals surface area contributed by atoms with Gasteiger partial charge in [0.15, 0.2) is 0 Å². The summed E-state index contributed by atoms with van der Waals surface area (Å²) in [6.07, 6.45) is 2.59. The van der Waals surface area contributed by atoms with Crippen LogP contribution in [-0.4, -0.2) is 25.0 Å². The molecule has 1 fully saturated rings. The van der Waals surface area contributed by atoms with E-state index in [1.54, 1.807) is 27.6 Å². The van der Waals surface area contributed by atoms with E-state index in [4.69, 9.17) is 0 Å². The van der Waals surface area contributed by atoms with Crippen molar-refractivity contribution in [2.45, 2.75) is 38.8 Å². The van der Waals surface area contributed by atoms with Crippen molar-refractivity contribution in [3.63, 3.8) is 0 Å². The van der Waals surface area contributed by atoms with E-state index in [1.165, 1.54) is 35.7 Å². The fourth-order valence-corrected chi connectivity index (χ4v) is 5.09. The third-order valence-corrected chi connectivity index (χ3v) is 6.31. The molecule has 0 aromatic carbocycles. The minimum absolute atomic E-state index is 0.0609. The zero-order chi connectivity index (χ0) is 15.5. The first-order valence-corrected chi connectivity index (χ1v) is 9.60. The number of hydrogen-bond acceptors (Lipinski definition) is 3. The van der Waals surface area contributed by atoms with Crippen LogP contribution in [0.4, 0.5) is 0 Å². The van der Waals surface area contributed by atoms with Crippen LogP contribution in [0.3, 0.4) is 0 Å². The van der Waals surface area contributed by atoms with Crippen molar-refractivity contribution in [3.05, 3.63) is 44.3 Å². The van der Waals surface area contributed by atoms with Crippen LogP contribution in [-0.2, 0) is 0 Å². The summed E-state index contributed by atoms with van der Waals surface area (Å²) in [5.41, 5.74) is 0. The van der Waals surface area contributed by atoms with Gasteiger partial charge in [-0.05, 0) is 37.4 Å².